The maximum Gasteiger partial charge on any atom is 0.317 e. The number of likely N-dealkylation sites (tertiary alicyclic amines) is 1. The predicted octanol–water partition coefficient (Wildman–Crippen LogP) is 1.98. The van der Waals surface area contributed by atoms with Crippen molar-refractivity contribution in [3.05, 3.63) is 0 Å². The molecule has 0 aromatic rings. The van der Waals surface area contributed by atoms with Crippen LogP contribution in [0.1, 0.15) is 39.5 Å². The van der Waals surface area contributed by atoms with Crippen LogP contribution < -0.4 is 5.32 Å². The molecular formula is C11H20N2O. The van der Waals surface area contributed by atoms with Crippen molar-refractivity contribution in [2.75, 3.05) is 13.1 Å². The molecule has 80 valence electrons. The molecule has 1 aliphatic heterocycles. The van der Waals surface area contributed by atoms with E-state index >= 15 is 0 Å². The highest BCUT2D eigenvalue weighted by Gasteiger charge is 2.39. The SMILES string of the molecule is CC(C)(NC(=O)N1CCCC1)C1CC1. The van der Waals surface area contributed by atoms with Crippen LogP contribution in [-0.4, -0.2) is 29.6 Å². The zero-order valence-electron chi connectivity index (χ0n) is 9.18. The zero-order valence-corrected chi connectivity index (χ0v) is 9.18. The van der Waals surface area contributed by atoms with Crippen molar-refractivity contribution in [1.29, 1.82) is 0 Å². The number of hydrogen-bond donors (Lipinski definition) is 1. The first-order valence-corrected chi connectivity index (χ1v) is 5.67. The molecule has 2 aliphatic rings. The summed E-state index contributed by atoms with van der Waals surface area (Å²) >= 11 is 0. The molecule has 2 fully saturated rings. The first kappa shape index (κ1) is 9.81. The zero-order chi connectivity index (χ0) is 10.2. The quantitative estimate of drug-likeness (QED) is 0.719. The Labute approximate surface area is 85.8 Å². The third-order valence-electron chi connectivity index (χ3n) is 3.42. The molecule has 0 aromatic heterocycles. The van der Waals surface area contributed by atoms with Crippen LogP contribution in [0, 0.1) is 5.92 Å². The third kappa shape index (κ3) is 2.02. The van der Waals surface area contributed by atoms with Crippen LogP contribution in [0.3, 0.4) is 0 Å². The maximum atomic E-state index is 11.8. The highest BCUT2D eigenvalue weighted by atomic mass is 16.2. The van der Waals surface area contributed by atoms with Gasteiger partial charge in [0.1, 0.15) is 0 Å². The van der Waals surface area contributed by atoms with E-state index in [0.29, 0.717) is 5.92 Å². The second-order valence-corrected chi connectivity index (χ2v) is 5.12. The van der Waals surface area contributed by atoms with Crippen LogP contribution in [0.2, 0.25) is 0 Å². The number of carbonyl (C=O) groups is 1. The van der Waals surface area contributed by atoms with Gasteiger partial charge < -0.3 is 10.2 Å². The molecule has 1 saturated heterocycles. The molecule has 0 aromatic carbocycles. The van der Waals surface area contributed by atoms with E-state index in [9.17, 15) is 4.79 Å². The lowest BCUT2D eigenvalue weighted by Gasteiger charge is -2.29. The largest absolute Gasteiger partial charge is 0.333 e. The van der Waals surface area contributed by atoms with Gasteiger partial charge in [0.25, 0.3) is 0 Å². The van der Waals surface area contributed by atoms with Crippen molar-refractivity contribution >= 4 is 6.03 Å². The lowest BCUT2D eigenvalue weighted by Crippen LogP contribution is -2.50. The minimum absolute atomic E-state index is 0.000324. The van der Waals surface area contributed by atoms with Crippen LogP contribution in [0.15, 0.2) is 0 Å². The number of nitrogens with zero attached hydrogens (tertiary/aromatic N) is 1. The number of amides is 2. The summed E-state index contributed by atoms with van der Waals surface area (Å²) in [5, 5.41) is 3.15. The molecule has 1 saturated carbocycles. The summed E-state index contributed by atoms with van der Waals surface area (Å²) in [6.45, 7) is 6.15. The van der Waals surface area contributed by atoms with Crippen molar-refractivity contribution in [3.8, 4) is 0 Å². The Morgan fingerprint density at radius 1 is 1.29 bits per heavy atom. The fraction of sp³-hybridized carbons (Fsp3) is 0.909. The van der Waals surface area contributed by atoms with Crippen LogP contribution >= 0.6 is 0 Å². The second kappa shape index (κ2) is 3.44. The average molecular weight is 196 g/mol. The standard InChI is InChI=1S/C11H20N2O/c1-11(2,9-5-6-9)12-10(14)13-7-3-4-8-13/h9H,3-8H2,1-2H3,(H,12,14). The van der Waals surface area contributed by atoms with E-state index in [2.05, 4.69) is 19.2 Å². The van der Waals surface area contributed by atoms with Crippen molar-refractivity contribution in [2.24, 2.45) is 5.92 Å². The van der Waals surface area contributed by atoms with Crippen LogP contribution in [0.5, 0.6) is 0 Å². The lowest BCUT2D eigenvalue weighted by molar-refractivity contribution is 0.193. The number of rotatable bonds is 2. The predicted molar refractivity (Wildman–Crippen MR) is 56.1 cm³/mol. The summed E-state index contributed by atoms with van der Waals surface area (Å²) in [7, 11) is 0. The van der Waals surface area contributed by atoms with Crippen molar-refractivity contribution < 1.29 is 4.79 Å². The number of urea groups is 1. The van der Waals surface area contributed by atoms with Gasteiger partial charge in [0.15, 0.2) is 0 Å². The lowest BCUT2D eigenvalue weighted by atomic mass is 9.99. The van der Waals surface area contributed by atoms with E-state index in [1.807, 2.05) is 4.90 Å². The highest BCUT2D eigenvalue weighted by Crippen LogP contribution is 2.39. The Kier molecular flexibility index (Phi) is 2.41. The second-order valence-electron chi connectivity index (χ2n) is 5.12. The first-order valence-electron chi connectivity index (χ1n) is 5.67. The van der Waals surface area contributed by atoms with E-state index in [1.165, 1.54) is 12.8 Å². The van der Waals surface area contributed by atoms with Gasteiger partial charge in [0, 0.05) is 18.6 Å². The minimum atomic E-state index is -0.000324. The molecule has 3 nitrogen and oxygen atoms in total. The normalized spacial score (nSPS) is 22.6. The third-order valence-corrected chi connectivity index (χ3v) is 3.42. The van der Waals surface area contributed by atoms with Crippen molar-refractivity contribution in [1.82, 2.24) is 10.2 Å². The summed E-state index contributed by atoms with van der Waals surface area (Å²) in [6.07, 6.45) is 4.87. The first-order chi connectivity index (χ1) is 6.59. The molecule has 2 amide bonds. The monoisotopic (exact) mass is 196 g/mol. The Morgan fingerprint density at radius 3 is 2.36 bits per heavy atom. The van der Waals surface area contributed by atoms with Gasteiger partial charge in [-0.25, -0.2) is 4.79 Å². The van der Waals surface area contributed by atoms with Crippen LogP contribution in [-0.2, 0) is 0 Å². The Bertz CT molecular complexity index is 227. The van der Waals surface area contributed by atoms with E-state index in [4.69, 9.17) is 0 Å². The summed E-state index contributed by atoms with van der Waals surface area (Å²) in [4.78, 5) is 13.7. The van der Waals surface area contributed by atoms with Crippen molar-refractivity contribution in [3.63, 3.8) is 0 Å². The van der Waals surface area contributed by atoms with Gasteiger partial charge in [-0.1, -0.05) is 0 Å². The molecule has 0 atom stereocenters. The fourth-order valence-corrected chi connectivity index (χ4v) is 2.18. The summed E-state index contributed by atoms with van der Waals surface area (Å²) in [6, 6.07) is 0.138. The molecule has 1 heterocycles. The van der Waals surface area contributed by atoms with Crippen LogP contribution in [0.25, 0.3) is 0 Å². The van der Waals surface area contributed by atoms with Gasteiger partial charge in [-0.05, 0) is 45.4 Å². The van der Waals surface area contributed by atoms with Gasteiger partial charge >= 0.3 is 6.03 Å². The number of carbonyl (C=O) groups excluding carboxylic acids is 1. The van der Waals surface area contributed by atoms with Gasteiger partial charge in [-0.2, -0.15) is 0 Å². The molecule has 1 N–H and O–H groups in total. The molecule has 0 spiro atoms. The molecule has 0 radical (unpaired) electrons. The Morgan fingerprint density at radius 2 is 1.86 bits per heavy atom. The number of hydrogen-bond acceptors (Lipinski definition) is 1. The van der Waals surface area contributed by atoms with E-state index in [-0.39, 0.29) is 11.6 Å². The molecule has 0 bridgehead atoms. The van der Waals surface area contributed by atoms with Gasteiger partial charge in [-0.3, -0.25) is 0 Å². The van der Waals surface area contributed by atoms with Gasteiger partial charge in [0.2, 0.25) is 0 Å². The molecule has 0 unspecified atom stereocenters. The Balaban J connectivity index is 1.86. The number of nitrogens with one attached hydrogen (secondary N) is 1. The molecule has 1 aliphatic carbocycles. The topological polar surface area (TPSA) is 32.3 Å². The van der Waals surface area contributed by atoms with Crippen molar-refractivity contribution in [2.45, 2.75) is 45.1 Å². The Hall–Kier alpha value is -0.730. The summed E-state index contributed by atoms with van der Waals surface area (Å²) < 4.78 is 0. The summed E-state index contributed by atoms with van der Waals surface area (Å²) in [5.74, 6) is 0.703. The average Bonchev–Trinajstić information content (AvgIpc) is 2.82. The van der Waals surface area contributed by atoms with E-state index in [0.717, 1.165) is 25.9 Å². The van der Waals surface area contributed by atoms with E-state index in [1.54, 1.807) is 0 Å². The fourth-order valence-electron chi connectivity index (χ4n) is 2.18. The minimum Gasteiger partial charge on any atom is -0.333 e. The highest BCUT2D eigenvalue weighted by molar-refractivity contribution is 5.75. The van der Waals surface area contributed by atoms with Gasteiger partial charge in [-0.15, -0.1) is 0 Å². The molecule has 14 heavy (non-hydrogen) atoms. The van der Waals surface area contributed by atoms with Crippen LogP contribution in [0.4, 0.5) is 4.79 Å². The smallest absolute Gasteiger partial charge is 0.317 e. The maximum absolute atomic E-state index is 11.8. The van der Waals surface area contributed by atoms with Gasteiger partial charge in [0.05, 0.1) is 0 Å². The molecule has 3 heteroatoms. The van der Waals surface area contributed by atoms with E-state index < -0.39 is 0 Å². The summed E-state index contributed by atoms with van der Waals surface area (Å²) in [5.41, 5.74) is -0.000324. The molecule has 2 rings (SSSR count). The molecular weight excluding hydrogens is 176 g/mol.